The second-order valence-corrected chi connectivity index (χ2v) is 10.1. The highest BCUT2D eigenvalue weighted by atomic mass is 32.2. The van der Waals surface area contributed by atoms with Gasteiger partial charge in [0.15, 0.2) is 0 Å². The van der Waals surface area contributed by atoms with E-state index in [2.05, 4.69) is 41.5 Å². The Bertz CT molecular complexity index is 764. The van der Waals surface area contributed by atoms with E-state index in [1.807, 2.05) is 24.3 Å². The first-order valence-corrected chi connectivity index (χ1v) is 10.0. The third-order valence-electron chi connectivity index (χ3n) is 4.62. The molecule has 0 bridgehead atoms. The van der Waals surface area contributed by atoms with Gasteiger partial charge in [0.2, 0.25) is 0 Å². The van der Waals surface area contributed by atoms with Crippen LogP contribution in [0, 0.1) is 0 Å². The van der Waals surface area contributed by atoms with Gasteiger partial charge >= 0.3 is 0 Å². The highest BCUT2D eigenvalue weighted by Crippen LogP contribution is 2.42. The molecule has 0 radical (unpaired) electrons. The molecule has 0 spiro atoms. The monoisotopic (exact) mass is 388 g/mol. The van der Waals surface area contributed by atoms with Gasteiger partial charge in [-0.3, -0.25) is 0 Å². The van der Waals surface area contributed by atoms with Gasteiger partial charge in [0.05, 0.1) is 0 Å². The maximum absolute atomic E-state index is 10.5. The molecule has 0 saturated carbocycles. The summed E-state index contributed by atoms with van der Waals surface area (Å²) in [4.78, 5) is 2.01. The van der Waals surface area contributed by atoms with Gasteiger partial charge in [-0.15, -0.1) is 0 Å². The van der Waals surface area contributed by atoms with Crippen LogP contribution in [0.1, 0.15) is 63.8 Å². The van der Waals surface area contributed by atoms with E-state index in [-0.39, 0.29) is 35.4 Å². The van der Waals surface area contributed by atoms with Crippen LogP contribution < -0.4 is 11.5 Å². The predicted octanol–water partition coefficient (Wildman–Crippen LogP) is 4.76. The van der Waals surface area contributed by atoms with Crippen LogP contribution in [-0.4, -0.2) is 10.2 Å². The third kappa shape index (κ3) is 4.78. The first-order valence-electron chi connectivity index (χ1n) is 9.19. The van der Waals surface area contributed by atoms with E-state index in [9.17, 15) is 10.2 Å². The molecular weight excluding hydrogens is 356 g/mol. The summed E-state index contributed by atoms with van der Waals surface area (Å²) < 4.78 is 0. The molecule has 4 nitrogen and oxygen atoms in total. The fourth-order valence-corrected chi connectivity index (χ4v) is 4.07. The van der Waals surface area contributed by atoms with Crippen LogP contribution in [0.5, 0.6) is 11.5 Å². The van der Waals surface area contributed by atoms with Crippen LogP contribution >= 0.6 is 11.8 Å². The molecule has 0 heterocycles. The summed E-state index contributed by atoms with van der Waals surface area (Å²) >= 11 is 1.59. The van der Waals surface area contributed by atoms with Crippen LogP contribution in [0.2, 0.25) is 0 Å². The number of hydrogen-bond donors (Lipinski definition) is 4. The van der Waals surface area contributed by atoms with Crippen molar-refractivity contribution in [1.82, 2.24) is 0 Å². The van der Waals surface area contributed by atoms with Crippen LogP contribution in [0.25, 0.3) is 0 Å². The van der Waals surface area contributed by atoms with E-state index in [4.69, 9.17) is 11.5 Å². The number of aromatic hydroxyl groups is 2. The minimum absolute atomic E-state index is 0.196. The van der Waals surface area contributed by atoms with Gasteiger partial charge in [0.1, 0.15) is 11.5 Å². The normalized spacial score (nSPS) is 12.4. The lowest BCUT2D eigenvalue weighted by Crippen LogP contribution is -2.13. The summed E-state index contributed by atoms with van der Waals surface area (Å²) in [6, 6.07) is 7.90. The van der Waals surface area contributed by atoms with Crippen molar-refractivity contribution in [3.05, 3.63) is 46.5 Å². The molecule has 2 aromatic rings. The maximum atomic E-state index is 10.5. The smallest absolute Gasteiger partial charge is 0.123 e. The molecule has 6 N–H and O–H groups in total. The van der Waals surface area contributed by atoms with Gasteiger partial charge in [-0.25, -0.2) is 0 Å². The summed E-state index contributed by atoms with van der Waals surface area (Å²) in [5.41, 5.74) is 14.5. The molecule has 0 atom stereocenters. The van der Waals surface area contributed by atoms with Crippen LogP contribution in [0.3, 0.4) is 0 Å². The Morgan fingerprint density at radius 3 is 1.30 bits per heavy atom. The molecule has 0 amide bonds. The Hall–Kier alpha value is -1.69. The lowest BCUT2D eigenvalue weighted by Gasteiger charge is -2.24. The second-order valence-electron chi connectivity index (χ2n) is 8.97. The van der Waals surface area contributed by atoms with Gasteiger partial charge in [0, 0.05) is 45.1 Å². The SMILES string of the molecule is CC(C)(C)c1cc(Sc2cc(CN)c(O)c(C(C)(C)C)c2)cc(CN)c1O. The van der Waals surface area contributed by atoms with Gasteiger partial charge in [-0.1, -0.05) is 53.3 Å². The zero-order valence-electron chi connectivity index (χ0n) is 17.2. The number of phenolic OH excluding ortho intramolecular Hbond substituents is 2. The first-order chi connectivity index (χ1) is 12.4. The van der Waals surface area contributed by atoms with Crippen molar-refractivity contribution in [2.24, 2.45) is 11.5 Å². The molecular formula is C22H32N2O2S. The standard InChI is InChI=1S/C22H32N2O2S/c1-21(2,3)17-9-15(7-13(11-23)19(17)25)27-16-8-14(12-24)20(26)18(10-16)22(4,5)6/h7-10,25-26H,11-12,23-24H2,1-6H3. The van der Waals surface area contributed by atoms with Crippen LogP contribution in [0.15, 0.2) is 34.1 Å². The van der Waals surface area contributed by atoms with E-state index >= 15 is 0 Å². The number of rotatable bonds is 4. The van der Waals surface area contributed by atoms with Gasteiger partial charge < -0.3 is 21.7 Å². The molecule has 0 aliphatic rings. The lowest BCUT2D eigenvalue weighted by atomic mass is 9.85. The fraction of sp³-hybridized carbons (Fsp3) is 0.455. The average Bonchev–Trinajstić information content (AvgIpc) is 2.55. The Morgan fingerprint density at radius 2 is 1.04 bits per heavy atom. The van der Waals surface area contributed by atoms with Crippen molar-refractivity contribution in [3.63, 3.8) is 0 Å². The molecule has 0 aromatic heterocycles. The van der Waals surface area contributed by atoms with E-state index in [0.717, 1.165) is 32.0 Å². The number of benzene rings is 2. The summed E-state index contributed by atoms with van der Waals surface area (Å²) in [5, 5.41) is 21.1. The average molecular weight is 389 g/mol. The Balaban J connectivity index is 2.57. The number of nitrogens with two attached hydrogens (primary N) is 2. The molecule has 0 unspecified atom stereocenters. The molecule has 27 heavy (non-hydrogen) atoms. The molecule has 148 valence electrons. The molecule has 5 heteroatoms. The topological polar surface area (TPSA) is 92.5 Å². The van der Waals surface area contributed by atoms with E-state index in [1.54, 1.807) is 11.8 Å². The number of phenols is 2. The van der Waals surface area contributed by atoms with Crippen molar-refractivity contribution in [1.29, 1.82) is 0 Å². The minimum Gasteiger partial charge on any atom is -0.507 e. The Morgan fingerprint density at radius 1 is 0.704 bits per heavy atom. The Kier molecular flexibility index (Phi) is 6.19. The second kappa shape index (κ2) is 7.74. The summed E-state index contributed by atoms with van der Waals surface area (Å²) in [7, 11) is 0. The third-order valence-corrected chi connectivity index (χ3v) is 5.56. The van der Waals surface area contributed by atoms with Crippen LogP contribution in [-0.2, 0) is 23.9 Å². The quantitative estimate of drug-likeness (QED) is 0.606. The Labute approximate surface area is 167 Å². The van der Waals surface area contributed by atoms with Gasteiger partial charge in [-0.2, -0.15) is 0 Å². The first kappa shape index (κ1) is 21.6. The predicted molar refractivity (Wildman–Crippen MR) is 114 cm³/mol. The molecule has 0 aliphatic heterocycles. The van der Waals surface area contributed by atoms with Crippen molar-refractivity contribution in [2.45, 2.75) is 75.3 Å². The fourth-order valence-electron chi connectivity index (χ4n) is 3.04. The van der Waals surface area contributed by atoms with Crippen molar-refractivity contribution in [2.75, 3.05) is 0 Å². The highest BCUT2D eigenvalue weighted by molar-refractivity contribution is 7.99. The highest BCUT2D eigenvalue weighted by Gasteiger charge is 2.23. The maximum Gasteiger partial charge on any atom is 0.123 e. The van der Waals surface area contributed by atoms with E-state index < -0.39 is 0 Å². The molecule has 2 rings (SSSR count). The zero-order chi connectivity index (χ0) is 20.6. The van der Waals surface area contributed by atoms with E-state index in [1.165, 1.54) is 0 Å². The summed E-state index contributed by atoms with van der Waals surface area (Å²) in [6.07, 6.45) is 0. The molecule has 0 fully saturated rings. The molecule has 0 saturated heterocycles. The molecule has 2 aromatic carbocycles. The lowest BCUT2D eigenvalue weighted by molar-refractivity contribution is 0.439. The number of hydrogen-bond acceptors (Lipinski definition) is 5. The van der Waals surface area contributed by atoms with Crippen molar-refractivity contribution >= 4 is 11.8 Å². The van der Waals surface area contributed by atoms with E-state index in [0.29, 0.717) is 0 Å². The van der Waals surface area contributed by atoms with Gasteiger partial charge in [-0.05, 0) is 35.1 Å². The largest absolute Gasteiger partial charge is 0.507 e. The van der Waals surface area contributed by atoms with Crippen LogP contribution in [0.4, 0.5) is 0 Å². The summed E-state index contributed by atoms with van der Waals surface area (Å²) in [5.74, 6) is 0.552. The van der Waals surface area contributed by atoms with Crippen molar-refractivity contribution in [3.8, 4) is 11.5 Å². The van der Waals surface area contributed by atoms with Gasteiger partial charge in [0.25, 0.3) is 0 Å². The summed E-state index contributed by atoms with van der Waals surface area (Å²) in [6.45, 7) is 13.0. The zero-order valence-corrected chi connectivity index (χ0v) is 18.0. The van der Waals surface area contributed by atoms with Crippen molar-refractivity contribution < 1.29 is 10.2 Å². The minimum atomic E-state index is -0.196. The molecule has 0 aliphatic carbocycles.